The monoisotopic (exact) mass is 344 g/mol. The van der Waals surface area contributed by atoms with Crippen molar-refractivity contribution in [3.8, 4) is 0 Å². The van der Waals surface area contributed by atoms with E-state index in [0.717, 1.165) is 0 Å². The first-order valence-corrected chi connectivity index (χ1v) is 9.81. The molecule has 2 fully saturated rings. The van der Waals surface area contributed by atoms with Gasteiger partial charge in [-0.2, -0.15) is 4.31 Å². The molecule has 22 heavy (non-hydrogen) atoms. The maximum absolute atomic E-state index is 12.5. The fourth-order valence-electron chi connectivity index (χ4n) is 2.92. The minimum atomic E-state index is -3.39. The molecule has 3 heterocycles. The van der Waals surface area contributed by atoms with E-state index in [-0.39, 0.29) is 11.8 Å². The van der Waals surface area contributed by atoms with Crippen molar-refractivity contribution in [2.45, 2.75) is 17.1 Å². The lowest BCUT2D eigenvalue weighted by molar-refractivity contribution is -0.140. The molecule has 0 bridgehead atoms. The van der Waals surface area contributed by atoms with E-state index in [9.17, 15) is 13.2 Å². The summed E-state index contributed by atoms with van der Waals surface area (Å²) in [4.78, 5) is 14.3. The summed E-state index contributed by atoms with van der Waals surface area (Å²) in [6.07, 6.45) is 1.20. The number of nitrogens with zero attached hydrogens (tertiary/aromatic N) is 2. The molecule has 0 unspecified atom stereocenters. The highest BCUT2D eigenvalue weighted by Gasteiger charge is 2.34. The van der Waals surface area contributed by atoms with Gasteiger partial charge < -0.3 is 9.64 Å². The summed E-state index contributed by atoms with van der Waals surface area (Å²) >= 11 is 1.23. The number of sulfonamides is 1. The van der Waals surface area contributed by atoms with Crippen LogP contribution in [0.1, 0.15) is 12.8 Å². The second-order valence-corrected chi connectivity index (χ2v) is 8.66. The molecule has 0 spiro atoms. The average molecular weight is 344 g/mol. The van der Waals surface area contributed by atoms with Crippen molar-refractivity contribution < 1.29 is 17.9 Å². The van der Waals surface area contributed by atoms with Crippen molar-refractivity contribution in [1.82, 2.24) is 9.21 Å². The number of morpholine rings is 1. The van der Waals surface area contributed by atoms with E-state index in [4.69, 9.17) is 4.74 Å². The molecule has 1 aromatic heterocycles. The summed E-state index contributed by atoms with van der Waals surface area (Å²) in [7, 11) is -3.39. The molecule has 0 aliphatic carbocycles. The number of hydrogen-bond donors (Lipinski definition) is 0. The number of ether oxygens (including phenoxy) is 1. The average Bonchev–Trinajstić information content (AvgIpc) is 3.10. The Kier molecular flexibility index (Phi) is 4.82. The summed E-state index contributed by atoms with van der Waals surface area (Å²) in [5.41, 5.74) is 0. The van der Waals surface area contributed by atoms with Crippen LogP contribution in [0.15, 0.2) is 21.7 Å². The van der Waals surface area contributed by atoms with Crippen molar-refractivity contribution in [2.75, 3.05) is 39.4 Å². The Morgan fingerprint density at radius 3 is 2.45 bits per heavy atom. The van der Waals surface area contributed by atoms with Crippen molar-refractivity contribution >= 4 is 27.3 Å². The fraction of sp³-hybridized carbons (Fsp3) is 0.643. The number of carbonyl (C=O) groups excluding carboxylic acids is 1. The Labute approximate surface area is 134 Å². The van der Waals surface area contributed by atoms with Crippen LogP contribution in [0, 0.1) is 5.92 Å². The molecule has 2 saturated heterocycles. The van der Waals surface area contributed by atoms with Crippen LogP contribution in [-0.4, -0.2) is 62.9 Å². The summed E-state index contributed by atoms with van der Waals surface area (Å²) in [6.45, 7) is 3.32. The lowest BCUT2D eigenvalue weighted by Gasteiger charge is -2.34. The first-order valence-electron chi connectivity index (χ1n) is 7.49. The highest BCUT2D eigenvalue weighted by molar-refractivity contribution is 7.91. The minimum absolute atomic E-state index is 0.0621. The predicted molar refractivity (Wildman–Crippen MR) is 83.2 cm³/mol. The van der Waals surface area contributed by atoms with Crippen LogP contribution in [0.5, 0.6) is 0 Å². The van der Waals surface area contributed by atoms with Crippen LogP contribution in [0.25, 0.3) is 0 Å². The van der Waals surface area contributed by atoms with E-state index in [1.54, 1.807) is 17.5 Å². The zero-order valence-electron chi connectivity index (χ0n) is 12.3. The van der Waals surface area contributed by atoms with E-state index in [2.05, 4.69) is 0 Å². The lowest BCUT2D eigenvalue weighted by Crippen LogP contribution is -2.47. The predicted octanol–water partition coefficient (Wildman–Crippen LogP) is 1.01. The topological polar surface area (TPSA) is 66.9 Å². The molecule has 1 amide bonds. The maximum Gasteiger partial charge on any atom is 0.252 e. The Morgan fingerprint density at radius 2 is 1.86 bits per heavy atom. The highest BCUT2D eigenvalue weighted by atomic mass is 32.2. The second-order valence-electron chi connectivity index (χ2n) is 5.55. The van der Waals surface area contributed by atoms with Crippen LogP contribution in [0.3, 0.4) is 0 Å². The molecular formula is C14H20N2O4S2. The van der Waals surface area contributed by atoms with E-state index < -0.39 is 10.0 Å². The summed E-state index contributed by atoms with van der Waals surface area (Å²) in [5, 5.41) is 1.77. The van der Waals surface area contributed by atoms with E-state index in [1.807, 2.05) is 4.90 Å². The molecule has 0 N–H and O–H groups in total. The van der Waals surface area contributed by atoms with Crippen LogP contribution in [-0.2, 0) is 19.6 Å². The van der Waals surface area contributed by atoms with Crippen molar-refractivity contribution in [3.63, 3.8) is 0 Å². The molecule has 3 rings (SSSR count). The Hall–Kier alpha value is -0.960. The Bertz CT molecular complexity index is 601. The molecule has 2 aliphatic heterocycles. The molecule has 6 nitrogen and oxygen atoms in total. The third-order valence-electron chi connectivity index (χ3n) is 4.22. The van der Waals surface area contributed by atoms with Gasteiger partial charge >= 0.3 is 0 Å². The van der Waals surface area contributed by atoms with Crippen LogP contribution >= 0.6 is 11.3 Å². The maximum atomic E-state index is 12.5. The molecule has 0 atom stereocenters. The SMILES string of the molecule is O=C(C1CCN(S(=O)(=O)c2cccs2)CC1)N1CCOCC1. The Morgan fingerprint density at radius 1 is 1.18 bits per heavy atom. The standard InChI is InChI=1S/C14H20N2O4S2/c17-14(15-7-9-20-10-8-15)12-3-5-16(6-4-12)22(18,19)13-2-1-11-21-13/h1-2,11-12H,3-10H2. The molecule has 0 saturated carbocycles. The lowest BCUT2D eigenvalue weighted by atomic mass is 9.96. The number of hydrogen-bond acceptors (Lipinski definition) is 5. The van der Waals surface area contributed by atoms with Gasteiger partial charge in [0.05, 0.1) is 13.2 Å². The van der Waals surface area contributed by atoms with Crippen molar-refractivity contribution in [3.05, 3.63) is 17.5 Å². The smallest absolute Gasteiger partial charge is 0.252 e. The normalized spacial score (nSPS) is 21.9. The van der Waals surface area contributed by atoms with Gasteiger partial charge in [-0.1, -0.05) is 6.07 Å². The largest absolute Gasteiger partial charge is 0.378 e. The van der Waals surface area contributed by atoms with E-state index >= 15 is 0 Å². The summed E-state index contributed by atoms with van der Waals surface area (Å²) in [5.74, 6) is 0.0874. The third-order valence-corrected chi connectivity index (χ3v) is 7.49. The van der Waals surface area contributed by atoms with Gasteiger partial charge in [-0.05, 0) is 24.3 Å². The van der Waals surface area contributed by atoms with Crippen LogP contribution in [0.4, 0.5) is 0 Å². The highest BCUT2D eigenvalue weighted by Crippen LogP contribution is 2.27. The number of thiophene rings is 1. The number of rotatable bonds is 3. The molecule has 1 aromatic rings. The summed E-state index contributed by atoms with van der Waals surface area (Å²) < 4.78 is 32.0. The molecule has 122 valence electrons. The van der Waals surface area contributed by atoms with E-state index in [0.29, 0.717) is 56.4 Å². The van der Waals surface area contributed by atoms with Gasteiger partial charge in [0.1, 0.15) is 4.21 Å². The molecule has 2 aliphatic rings. The number of carbonyl (C=O) groups is 1. The van der Waals surface area contributed by atoms with E-state index in [1.165, 1.54) is 15.6 Å². The van der Waals surface area contributed by atoms with Gasteiger partial charge in [0, 0.05) is 32.1 Å². The quantitative estimate of drug-likeness (QED) is 0.821. The fourth-order valence-corrected chi connectivity index (χ4v) is 5.54. The van der Waals surface area contributed by atoms with Gasteiger partial charge in [0.2, 0.25) is 5.91 Å². The van der Waals surface area contributed by atoms with Gasteiger partial charge in [-0.3, -0.25) is 4.79 Å². The van der Waals surface area contributed by atoms with Crippen molar-refractivity contribution in [1.29, 1.82) is 0 Å². The van der Waals surface area contributed by atoms with Gasteiger partial charge in [-0.25, -0.2) is 8.42 Å². The third kappa shape index (κ3) is 3.19. The molecule has 0 aromatic carbocycles. The van der Waals surface area contributed by atoms with Crippen LogP contribution in [0.2, 0.25) is 0 Å². The van der Waals surface area contributed by atoms with Gasteiger partial charge in [-0.15, -0.1) is 11.3 Å². The second kappa shape index (κ2) is 6.66. The molecule has 0 radical (unpaired) electrons. The van der Waals surface area contributed by atoms with Gasteiger partial charge in [0.25, 0.3) is 10.0 Å². The zero-order valence-corrected chi connectivity index (χ0v) is 13.9. The molecular weight excluding hydrogens is 324 g/mol. The van der Waals surface area contributed by atoms with Crippen LogP contribution < -0.4 is 0 Å². The van der Waals surface area contributed by atoms with Crippen molar-refractivity contribution in [2.24, 2.45) is 5.92 Å². The number of amides is 1. The zero-order chi connectivity index (χ0) is 15.6. The Balaban J connectivity index is 1.59. The summed E-state index contributed by atoms with van der Waals surface area (Å²) in [6, 6.07) is 3.37. The number of piperidine rings is 1. The van der Waals surface area contributed by atoms with Gasteiger partial charge in [0.15, 0.2) is 0 Å². The minimum Gasteiger partial charge on any atom is -0.378 e. The molecule has 8 heteroatoms. The first kappa shape index (κ1) is 15.9. The first-order chi connectivity index (χ1) is 10.6.